The fourth-order valence-corrected chi connectivity index (χ4v) is 3.51. The second-order valence-corrected chi connectivity index (χ2v) is 6.85. The fraction of sp³-hybridized carbons (Fsp3) is 0.929. The van der Waals surface area contributed by atoms with Crippen LogP contribution < -0.4 is 5.32 Å². The van der Waals surface area contributed by atoms with Gasteiger partial charge in [-0.2, -0.15) is 11.8 Å². The van der Waals surface area contributed by atoms with Crippen LogP contribution in [0.5, 0.6) is 0 Å². The molecule has 104 valence electrons. The lowest BCUT2D eigenvalue weighted by atomic mass is 9.85. The highest BCUT2D eigenvalue weighted by molar-refractivity contribution is 8.00. The highest BCUT2D eigenvalue weighted by atomic mass is 32.2. The lowest BCUT2D eigenvalue weighted by molar-refractivity contribution is -0.149. The summed E-state index contributed by atoms with van der Waals surface area (Å²) >= 11 is 1.99. The molecule has 0 aliphatic heterocycles. The monoisotopic (exact) mass is 271 g/mol. The SMILES string of the molecule is CCOC(=O)C1CCCC(NCC2(SC)CC2)C1. The third-order valence-corrected chi connectivity index (χ3v) is 5.67. The molecule has 0 amide bonds. The number of ether oxygens (including phenoxy) is 1. The van der Waals surface area contributed by atoms with Crippen LogP contribution in [-0.4, -0.2) is 36.2 Å². The second-order valence-electron chi connectivity index (χ2n) is 5.58. The summed E-state index contributed by atoms with van der Waals surface area (Å²) in [6.07, 6.45) is 9.21. The first-order valence-corrected chi connectivity index (χ1v) is 8.37. The van der Waals surface area contributed by atoms with E-state index in [9.17, 15) is 4.79 Å². The maximum absolute atomic E-state index is 11.8. The number of nitrogens with one attached hydrogen (secondary N) is 1. The number of hydrogen-bond donors (Lipinski definition) is 1. The maximum atomic E-state index is 11.8. The topological polar surface area (TPSA) is 38.3 Å². The summed E-state index contributed by atoms with van der Waals surface area (Å²) in [5.41, 5.74) is 0. The quantitative estimate of drug-likeness (QED) is 0.754. The summed E-state index contributed by atoms with van der Waals surface area (Å²) < 4.78 is 5.65. The Balaban J connectivity index is 1.74. The van der Waals surface area contributed by atoms with Crippen LogP contribution in [0.15, 0.2) is 0 Å². The van der Waals surface area contributed by atoms with Gasteiger partial charge >= 0.3 is 5.97 Å². The van der Waals surface area contributed by atoms with Crippen LogP contribution in [0.3, 0.4) is 0 Å². The molecule has 0 bridgehead atoms. The Morgan fingerprint density at radius 2 is 2.22 bits per heavy atom. The van der Waals surface area contributed by atoms with Crippen LogP contribution in [0.2, 0.25) is 0 Å². The van der Waals surface area contributed by atoms with Crippen molar-refractivity contribution in [3.63, 3.8) is 0 Å². The Kier molecular flexibility index (Phi) is 4.96. The van der Waals surface area contributed by atoms with E-state index in [1.807, 2.05) is 18.7 Å². The minimum absolute atomic E-state index is 0.00926. The summed E-state index contributed by atoms with van der Waals surface area (Å²) in [5.74, 6) is 0.135. The van der Waals surface area contributed by atoms with E-state index in [0.717, 1.165) is 25.8 Å². The first-order valence-electron chi connectivity index (χ1n) is 7.14. The van der Waals surface area contributed by atoms with Crippen molar-refractivity contribution in [1.82, 2.24) is 5.32 Å². The molecule has 0 aromatic heterocycles. The van der Waals surface area contributed by atoms with E-state index in [1.165, 1.54) is 19.3 Å². The molecule has 18 heavy (non-hydrogen) atoms. The van der Waals surface area contributed by atoms with Gasteiger partial charge in [-0.3, -0.25) is 4.79 Å². The fourth-order valence-electron chi connectivity index (χ4n) is 2.77. The minimum Gasteiger partial charge on any atom is -0.466 e. The van der Waals surface area contributed by atoms with Gasteiger partial charge in [0.25, 0.3) is 0 Å². The first-order chi connectivity index (χ1) is 8.69. The van der Waals surface area contributed by atoms with Crippen molar-refractivity contribution in [3.8, 4) is 0 Å². The molecular formula is C14H25NO2S. The minimum atomic E-state index is 0.00926. The largest absolute Gasteiger partial charge is 0.466 e. The van der Waals surface area contributed by atoms with E-state index in [1.54, 1.807) is 0 Å². The zero-order chi connectivity index (χ0) is 13.0. The molecule has 4 heteroatoms. The summed E-state index contributed by atoms with van der Waals surface area (Å²) in [7, 11) is 0. The molecule has 2 aliphatic carbocycles. The van der Waals surface area contributed by atoms with Gasteiger partial charge in [0.1, 0.15) is 0 Å². The smallest absolute Gasteiger partial charge is 0.308 e. The molecule has 2 fully saturated rings. The number of thioether (sulfide) groups is 1. The summed E-state index contributed by atoms with van der Waals surface area (Å²) in [4.78, 5) is 11.8. The average Bonchev–Trinajstić information content (AvgIpc) is 3.18. The summed E-state index contributed by atoms with van der Waals surface area (Å²) in [5, 5.41) is 3.67. The van der Waals surface area contributed by atoms with Gasteiger partial charge in [-0.1, -0.05) is 6.42 Å². The van der Waals surface area contributed by atoms with Crippen molar-refractivity contribution in [3.05, 3.63) is 0 Å². The Hall–Kier alpha value is -0.220. The third-order valence-electron chi connectivity index (χ3n) is 4.25. The van der Waals surface area contributed by atoms with E-state index in [-0.39, 0.29) is 11.9 Å². The van der Waals surface area contributed by atoms with Gasteiger partial charge in [-0.25, -0.2) is 0 Å². The van der Waals surface area contributed by atoms with Crippen LogP contribution in [0.25, 0.3) is 0 Å². The lowest BCUT2D eigenvalue weighted by Gasteiger charge is -2.29. The summed E-state index contributed by atoms with van der Waals surface area (Å²) in [6, 6.07) is 0.512. The zero-order valence-electron chi connectivity index (χ0n) is 11.5. The molecule has 0 radical (unpaired) electrons. The van der Waals surface area contributed by atoms with Crippen molar-refractivity contribution in [1.29, 1.82) is 0 Å². The Bertz CT molecular complexity index is 292. The molecule has 2 aliphatic rings. The van der Waals surface area contributed by atoms with Gasteiger partial charge in [0.2, 0.25) is 0 Å². The molecule has 0 saturated heterocycles. The Morgan fingerprint density at radius 1 is 1.44 bits per heavy atom. The molecule has 0 aromatic rings. The molecule has 0 aromatic carbocycles. The van der Waals surface area contributed by atoms with Crippen molar-refractivity contribution in [2.75, 3.05) is 19.4 Å². The van der Waals surface area contributed by atoms with Gasteiger partial charge < -0.3 is 10.1 Å². The number of carbonyl (C=O) groups excluding carboxylic acids is 1. The number of hydrogen-bond acceptors (Lipinski definition) is 4. The van der Waals surface area contributed by atoms with E-state index in [0.29, 0.717) is 17.4 Å². The van der Waals surface area contributed by atoms with Gasteiger partial charge in [0, 0.05) is 17.3 Å². The molecule has 2 unspecified atom stereocenters. The second kappa shape index (κ2) is 6.29. The highest BCUT2D eigenvalue weighted by Gasteiger charge is 2.42. The van der Waals surface area contributed by atoms with E-state index < -0.39 is 0 Å². The Labute approximate surface area is 114 Å². The third kappa shape index (κ3) is 3.64. The zero-order valence-corrected chi connectivity index (χ0v) is 12.4. The predicted octanol–water partition coefficient (Wildman–Crippen LogP) is 2.59. The van der Waals surface area contributed by atoms with Gasteiger partial charge in [0.15, 0.2) is 0 Å². The van der Waals surface area contributed by atoms with Crippen LogP contribution in [0, 0.1) is 5.92 Å². The van der Waals surface area contributed by atoms with Crippen molar-refractivity contribution in [2.24, 2.45) is 5.92 Å². The van der Waals surface area contributed by atoms with Crippen LogP contribution in [-0.2, 0) is 9.53 Å². The molecule has 0 heterocycles. The molecule has 2 rings (SSSR count). The van der Waals surface area contributed by atoms with E-state index in [2.05, 4.69) is 11.6 Å². The standard InChI is InChI=1S/C14H25NO2S/c1-3-17-13(16)11-5-4-6-12(9-11)15-10-14(18-2)7-8-14/h11-12,15H,3-10H2,1-2H3. The Morgan fingerprint density at radius 3 is 2.83 bits per heavy atom. The lowest BCUT2D eigenvalue weighted by Crippen LogP contribution is -2.40. The molecule has 2 atom stereocenters. The van der Waals surface area contributed by atoms with E-state index in [4.69, 9.17) is 4.74 Å². The van der Waals surface area contributed by atoms with Crippen LogP contribution in [0.4, 0.5) is 0 Å². The number of esters is 1. The van der Waals surface area contributed by atoms with Crippen LogP contribution in [0.1, 0.15) is 45.4 Å². The van der Waals surface area contributed by atoms with Crippen molar-refractivity contribution < 1.29 is 9.53 Å². The maximum Gasteiger partial charge on any atom is 0.308 e. The molecule has 0 spiro atoms. The first kappa shape index (κ1) is 14.2. The average molecular weight is 271 g/mol. The molecule has 2 saturated carbocycles. The predicted molar refractivity (Wildman–Crippen MR) is 75.9 cm³/mol. The molecule has 3 nitrogen and oxygen atoms in total. The van der Waals surface area contributed by atoms with Crippen molar-refractivity contribution >= 4 is 17.7 Å². The van der Waals surface area contributed by atoms with Crippen LogP contribution >= 0.6 is 11.8 Å². The highest BCUT2D eigenvalue weighted by Crippen LogP contribution is 2.46. The number of rotatable bonds is 6. The van der Waals surface area contributed by atoms with E-state index >= 15 is 0 Å². The van der Waals surface area contributed by atoms with Gasteiger partial charge in [0.05, 0.1) is 12.5 Å². The van der Waals surface area contributed by atoms with Gasteiger partial charge in [-0.15, -0.1) is 0 Å². The van der Waals surface area contributed by atoms with Gasteiger partial charge in [-0.05, 0) is 45.3 Å². The van der Waals surface area contributed by atoms with Crippen molar-refractivity contribution in [2.45, 2.75) is 56.2 Å². The summed E-state index contributed by atoms with van der Waals surface area (Å²) in [6.45, 7) is 3.49. The number of carbonyl (C=O) groups is 1. The molecular weight excluding hydrogens is 246 g/mol. The molecule has 1 N–H and O–H groups in total. The normalized spacial score (nSPS) is 29.9.